The number of aryl methyl sites for hydroxylation is 1. The fraction of sp³-hybridized carbons (Fsp3) is 0.381. The summed E-state index contributed by atoms with van der Waals surface area (Å²) in [6.45, 7) is 6.05. The van der Waals surface area contributed by atoms with E-state index in [1.54, 1.807) is 17.0 Å². The molecule has 7 nitrogen and oxygen atoms in total. The van der Waals surface area contributed by atoms with E-state index in [0.717, 1.165) is 24.0 Å². The lowest BCUT2D eigenvalue weighted by Gasteiger charge is -2.41. The van der Waals surface area contributed by atoms with Gasteiger partial charge >= 0.3 is 0 Å². The van der Waals surface area contributed by atoms with Gasteiger partial charge in [-0.3, -0.25) is 4.79 Å². The molecule has 1 fully saturated rings. The van der Waals surface area contributed by atoms with Crippen molar-refractivity contribution in [2.75, 3.05) is 30.3 Å². The smallest absolute Gasteiger partial charge is 0.223 e. The first-order valence-corrected chi connectivity index (χ1v) is 12.3. The number of carbonyl (C=O) groups excluding carboxylic acids is 1. The largest absolute Gasteiger partial charge is 0.365 e. The molecule has 9 heteroatoms. The van der Waals surface area contributed by atoms with E-state index < -0.39 is 9.84 Å². The van der Waals surface area contributed by atoms with Crippen LogP contribution in [0.2, 0.25) is 0 Å². The Labute approximate surface area is 180 Å². The summed E-state index contributed by atoms with van der Waals surface area (Å²) in [6, 6.07) is 13.4. The minimum absolute atomic E-state index is 0.0343. The zero-order valence-electron chi connectivity index (χ0n) is 17.0. The Morgan fingerprint density at radius 1 is 1.17 bits per heavy atom. The highest BCUT2D eigenvalue weighted by molar-refractivity contribution is 7.91. The first-order valence-electron chi connectivity index (χ1n) is 9.90. The normalized spacial score (nSPS) is 17.5. The van der Waals surface area contributed by atoms with E-state index in [0.29, 0.717) is 24.1 Å². The third-order valence-corrected chi connectivity index (χ3v) is 7.77. The van der Waals surface area contributed by atoms with Crippen molar-refractivity contribution in [1.29, 1.82) is 0 Å². The summed E-state index contributed by atoms with van der Waals surface area (Å²) >= 11 is 0.985. The molecule has 158 valence electrons. The molecule has 1 aromatic heterocycles. The Balaban J connectivity index is 1.39. The van der Waals surface area contributed by atoms with E-state index in [-0.39, 0.29) is 29.0 Å². The number of anilines is 1. The molecular weight excluding hydrogens is 420 g/mol. The number of aromatic nitrogens is 2. The Kier molecular flexibility index (Phi) is 5.75. The number of piperazine rings is 1. The lowest BCUT2D eigenvalue weighted by molar-refractivity contribution is -0.131. The van der Waals surface area contributed by atoms with E-state index in [1.165, 1.54) is 11.6 Å². The van der Waals surface area contributed by atoms with Gasteiger partial charge in [0.1, 0.15) is 11.0 Å². The number of benzene rings is 2. The predicted molar refractivity (Wildman–Crippen MR) is 119 cm³/mol. The van der Waals surface area contributed by atoms with Crippen LogP contribution in [0.4, 0.5) is 5.69 Å². The van der Waals surface area contributed by atoms with Crippen molar-refractivity contribution >= 4 is 44.2 Å². The van der Waals surface area contributed by atoms with Crippen molar-refractivity contribution in [2.24, 2.45) is 0 Å². The predicted octanol–water partition coefficient (Wildman–Crippen LogP) is 2.90. The molecule has 0 radical (unpaired) electrons. The van der Waals surface area contributed by atoms with Crippen molar-refractivity contribution in [3.8, 4) is 0 Å². The van der Waals surface area contributed by atoms with Gasteiger partial charge in [-0.2, -0.15) is 8.75 Å². The van der Waals surface area contributed by atoms with Gasteiger partial charge in [0.15, 0.2) is 9.84 Å². The third kappa shape index (κ3) is 4.17. The van der Waals surface area contributed by atoms with Crippen molar-refractivity contribution in [3.63, 3.8) is 0 Å². The van der Waals surface area contributed by atoms with E-state index in [9.17, 15) is 13.2 Å². The van der Waals surface area contributed by atoms with Crippen LogP contribution in [0, 0.1) is 6.92 Å². The van der Waals surface area contributed by atoms with Gasteiger partial charge in [0, 0.05) is 37.8 Å². The fourth-order valence-corrected chi connectivity index (χ4v) is 5.90. The van der Waals surface area contributed by atoms with Crippen LogP contribution in [0.15, 0.2) is 47.4 Å². The molecule has 2 aromatic carbocycles. The standard InChI is InChI=1S/C21H24N4O3S2/c1-15-5-3-6-17(13-15)25-11-10-24(14-16(25)2)20(26)9-12-30(27,28)19-8-4-7-18-21(19)23-29-22-18/h3-8,13,16H,9-12,14H2,1-2H3. The summed E-state index contributed by atoms with van der Waals surface area (Å²) in [7, 11) is -3.62. The van der Waals surface area contributed by atoms with Gasteiger partial charge < -0.3 is 9.80 Å². The van der Waals surface area contributed by atoms with E-state index >= 15 is 0 Å². The van der Waals surface area contributed by atoms with E-state index in [4.69, 9.17) is 0 Å². The summed E-state index contributed by atoms with van der Waals surface area (Å²) in [4.78, 5) is 17.0. The summed E-state index contributed by atoms with van der Waals surface area (Å²) in [5.41, 5.74) is 3.31. The molecule has 1 unspecified atom stereocenters. The average molecular weight is 445 g/mol. The zero-order chi connectivity index (χ0) is 21.3. The maximum atomic E-state index is 12.8. The maximum Gasteiger partial charge on any atom is 0.223 e. The second-order valence-electron chi connectivity index (χ2n) is 7.68. The van der Waals surface area contributed by atoms with Crippen molar-refractivity contribution in [1.82, 2.24) is 13.6 Å². The molecule has 2 heterocycles. The van der Waals surface area contributed by atoms with Gasteiger partial charge in [-0.25, -0.2) is 8.42 Å². The second-order valence-corrected chi connectivity index (χ2v) is 10.3. The van der Waals surface area contributed by atoms with Gasteiger partial charge in [-0.05, 0) is 43.7 Å². The van der Waals surface area contributed by atoms with Gasteiger partial charge in [0.05, 0.1) is 22.4 Å². The summed E-state index contributed by atoms with van der Waals surface area (Å²) in [5.74, 6) is -0.354. The maximum absolute atomic E-state index is 12.8. The minimum atomic E-state index is -3.62. The Morgan fingerprint density at radius 3 is 2.73 bits per heavy atom. The lowest BCUT2D eigenvalue weighted by Crippen LogP contribution is -2.54. The second kappa shape index (κ2) is 8.31. The van der Waals surface area contributed by atoms with Gasteiger partial charge in [-0.1, -0.05) is 18.2 Å². The number of sulfone groups is 1. The summed E-state index contributed by atoms with van der Waals surface area (Å²) in [6.07, 6.45) is -0.0343. The zero-order valence-corrected chi connectivity index (χ0v) is 18.6. The molecule has 0 N–H and O–H groups in total. The topological polar surface area (TPSA) is 83.5 Å². The number of nitrogens with zero attached hydrogens (tertiary/aromatic N) is 4. The lowest BCUT2D eigenvalue weighted by atomic mass is 10.1. The van der Waals surface area contributed by atoms with Crippen LogP contribution in [0.1, 0.15) is 18.9 Å². The highest BCUT2D eigenvalue weighted by Gasteiger charge is 2.28. The molecule has 1 aliphatic heterocycles. The first-order chi connectivity index (χ1) is 14.3. The highest BCUT2D eigenvalue weighted by atomic mass is 32.2. The molecule has 30 heavy (non-hydrogen) atoms. The Hall–Kier alpha value is -2.52. The van der Waals surface area contributed by atoms with Crippen LogP contribution in [-0.2, 0) is 14.6 Å². The number of carbonyl (C=O) groups is 1. The number of amides is 1. The molecule has 0 bridgehead atoms. The molecule has 1 atom stereocenters. The van der Waals surface area contributed by atoms with Crippen molar-refractivity contribution < 1.29 is 13.2 Å². The fourth-order valence-electron chi connectivity index (χ4n) is 3.90. The van der Waals surface area contributed by atoms with Crippen LogP contribution in [-0.4, -0.2) is 59.4 Å². The minimum Gasteiger partial charge on any atom is -0.365 e. The quantitative estimate of drug-likeness (QED) is 0.602. The Morgan fingerprint density at radius 2 is 1.97 bits per heavy atom. The molecule has 4 rings (SSSR count). The molecule has 0 aliphatic carbocycles. The summed E-state index contributed by atoms with van der Waals surface area (Å²) in [5, 5.41) is 0. The SMILES string of the molecule is Cc1cccc(N2CCN(C(=O)CCS(=O)(=O)c3cccc4nsnc34)CC2C)c1. The number of rotatable bonds is 5. The van der Waals surface area contributed by atoms with Crippen LogP contribution in [0.25, 0.3) is 11.0 Å². The van der Waals surface area contributed by atoms with E-state index in [1.807, 2.05) is 6.07 Å². The van der Waals surface area contributed by atoms with Crippen molar-refractivity contribution in [3.05, 3.63) is 48.0 Å². The third-order valence-electron chi connectivity index (χ3n) is 5.48. The van der Waals surface area contributed by atoms with Crippen LogP contribution < -0.4 is 4.90 Å². The average Bonchev–Trinajstić information content (AvgIpc) is 3.20. The molecule has 0 spiro atoms. The van der Waals surface area contributed by atoms with Crippen molar-refractivity contribution in [2.45, 2.75) is 31.2 Å². The van der Waals surface area contributed by atoms with Crippen LogP contribution >= 0.6 is 11.7 Å². The van der Waals surface area contributed by atoms with Gasteiger partial charge in [-0.15, -0.1) is 0 Å². The highest BCUT2D eigenvalue weighted by Crippen LogP contribution is 2.24. The number of hydrogen-bond acceptors (Lipinski definition) is 7. The molecule has 3 aromatic rings. The number of fused-ring (bicyclic) bond motifs is 1. The summed E-state index contributed by atoms with van der Waals surface area (Å²) < 4.78 is 33.8. The Bertz CT molecular complexity index is 1180. The molecule has 1 aliphatic rings. The first kappa shape index (κ1) is 20.7. The van der Waals surface area contributed by atoms with Gasteiger partial charge in [0.25, 0.3) is 0 Å². The van der Waals surface area contributed by atoms with E-state index in [2.05, 4.69) is 45.7 Å². The molecule has 1 amide bonds. The van der Waals surface area contributed by atoms with Crippen LogP contribution in [0.3, 0.4) is 0 Å². The van der Waals surface area contributed by atoms with Gasteiger partial charge in [0.2, 0.25) is 5.91 Å². The monoisotopic (exact) mass is 444 g/mol. The van der Waals surface area contributed by atoms with Crippen LogP contribution in [0.5, 0.6) is 0 Å². The molecule has 1 saturated heterocycles. The molecular formula is C21H24N4O3S2. The number of hydrogen-bond donors (Lipinski definition) is 0. The molecule has 0 saturated carbocycles.